The molecule has 0 bridgehead atoms. The van der Waals surface area contributed by atoms with Crippen molar-refractivity contribution < 1.29 is 29.4 Å². The van der Waals surface area contributed by atoms with E-state index < -0.39 is 0 Å². The summed E-state index contributed by atoms with van der Waals surface area (Å²) in [6.07, 6.45) is 3.72. The smallest absolute Gasteiger partial charge is 0.0305 e. The Morgan fingerprint density at radius 2 is 1.93 bits per heavy atom. The molecular weight excluding hydrogens is 232 g/mol. The van der Waals surface area contributed by atoms with E-state index in [0.717, 1.165) is 0 Å². The van der Waals surface area contributed by atoms with Crippen LogP contribution in [0.15, 0.2) is 24.5 Å². The van der Waals surface area contributed by atoms with E-state index in [4.69, 9.17) is 9.90 Å². The number of pyridine rings is 1. The summed E-state index contributed by atoms with van der Waals surface area (Å²) in [5.41, 5.74) is 1.52. The molecule has 0 aliphatic rings. The minimum atomic E-state index is 0. The molecule has 1 heterocycles. The normalized spacial score (nSPS) is 9.07. The molecule has 0 aromatic carbocycles. The van der Waals surface area contributed by atoms with Gasteiger partial charge in [0.2, 0.25) is 0 Å². The molecule has 0 atom stereocenters. The molecule has 0 fully saturated rings. The van der Waals surface area contributed by atoms with E-state index in [2.05, 4.69) is 31.8 Å². The van der Waals surface area contributed by atoms with Crippen molar-refractivity contribution in [3.05, 3.63) is 30.1 Å². The number of aliphatic hydroxyl groups excluding tert-OH is 1. The van der Waals surface area contributed by atoms with Gasteiger partial charge < -0.3 is 9.90 Å². The largest absolute Gasteiger partial charge is 0.665 e. The number of aromatic nitrogens is 1. The van der Waals surface area contributed by atoms with Crippen molar-refractivity contribution in [2.75, 3.05) is 0 Å². The van der Waals surface area contributed by atoms with E-state index in [0.29, 0.717) is 6.47 Å². The van der Waals surface area contributed by atoms with E-state index in [1.165, 1.54) is 5.56 Å². The van der Waals surface area contributed by atoms with Crippen molar-refractivity contribution in [1.29, 1.82) is 0 Å². The van der Waals surface area contributed by atoms with Crippen LogP contribution in [0.1, 0.15) is 26.3 Å². The summed E-state index contributed by atoms with van der Waals surface area (Å²) in [7, 11) is 0. The summed E-state index contributed by atoms with van der Waals surface area (Å²) in [6, 6.07) is 4.08. The molecule has 1 rings (SSSR count). The molecule has 74 valence electrons. The standard InChI is InChI=1S/C9H13N.CHO2.Zn/c1-9(2,3)8-5-4-6-10-7-8;2-1-3;/h4-7H,1-3H3;(H,2,3);/q;-1;. The van der Waals surface area contributed by atoms with Crippen molar-refractivity contribution in [2.45, 2.75) is 26.2 Å². The molecule has 1 N–H and O–H groups in total. The molecule has 4 heteroatoms. The summed E-state index contributed by atoms with van der Waals surface area (Å²) < 4.78 is 0. The predicted molar refractivity (Wildman–Crippen MR) is 51.3 cm³/mol. The summed E-state index contributed by atoms with van der Waals surface area (Å²) in [4.78, 5) is 12.3. The Hall–Kier alpha value is -0.757. The van der Waals surface area contributed by atoms with Gasteiger partial charge in [-0.15, -0.1) is 0 Å². The first kappa shape index (κ1) is 15.7. The third kappa shape index (κ3) is 6.73. The fourth-order valence-corrected chi connectivity index (χ4v) is 0.806. The molecule has 0 saturated heterocycles. The van der Waals surface area contributed by atoms with E-state index >= 15 is 0 Å². The molecule has 0 aliphatic carbocycles. The van der Waals surface area contributed by atoms with E-state index in [9.17, 15) is 0 Å². The van der Waals surface area contributed by atoms with E-state index in [1.807, 2.05) is 12.3 Å². The zero-order valence-corrected chi connectivity index (χ0v) is 11.8. The SMILES string of the molecule is CC(C)(C)c1cccnc1.O=[C-]O.[Zn]. The number of hydrogen-bond acceptors (Lipinski definition) is 2. The molecule has 1 aromatic heterocycles. The van der Waals surface area contributed by atoms with Gasteiger partial charge >= 0.3 is 0 Å². The summed E-state index contributed by atoms with van der Waals surface area (Å²) in [5.74, 6) is 0. The Balaban J connectivity index is 0. The number of nitrogens with zero attached hydrogens (tertiary/aromatic N) is 1. The second kappa shape index (κ2) is 7.63. The fourth-order valence-electron chi connectivity index (χ4n) is 0.806. The third-order valence-electron chi connectivity index (χ3n) is 1.53. The van der Waals surface area contributed by atoms with Gasteiger partial charge in [-0.25, -0.2) is 0 Å². The van der Waals surface area contributed by atoms with Crippen molar-refractivity contribution in [3.8, 4) is 0 Å². The van der Waals surface area contributed by atoms with Gasteiger partial charge in [-0.3, -0.25) is 4.98 Å². The molecule has 0 unspecified atom stereocenters. The third-order valence-corrected chi connectivity index (χ3v) is 1.53. The van der Waals surface area contributed by atoms with Gasteiger partial charge in [-0.2, -0.15) is 0 Å². The summed E-state index contributed by atoms with van der Waals surface area (Å²) in [6.45, 7) is 7.05. The molecule has 0 amide bonds. The van der Waals surface area contributed by atoms with Crippen LogP contribution in [-0.2, 0) is 29.7 Å². The first-order chi connectivity index (χ1) is 6.02. The van der Waals surface area contributed by atoms with Gasteiger partial charge in [0.05, 0.1) is 0 Å². The Morgan fingerprint density at radius 1 is 1.43 bits per heavy atom. The predicted octanol–water partition coefficient (Wildman–Crippen LogP) is 1.99. The molecular formula is C10H14NO2Zn-. The first-order valence-corrected chi connectivity index (χ1v) is 3.94. The Labute approximate surface area is 97.3 Å². The van der Waals surface area contributed by atoms with E-state index in [-0.39, 0.29) is 24.9 Å². The van der Waals surface area contributed by atoms with Crippen LogP contribution in [0.5, 0.6) is 0 Å². The maximum atomic E-state index is 8.24. The van der Waals surface area contributed by atoms with Gasteiger partial charge in [0.25, 0.3) is 0 Å². The van der Waals surface area contributed by atoms with Crippen LogP contribution in [0.3, 0.4) is 0 Å². The fraction of sp³-hybridized carbons (Fsp3) is 0.400. The van der Waals surface area contributed by atoms with Crippen LogP contribution in [0.25, 0.3) is 0 Å². The monoisotopic (exact) mass is 244 g/mol. The number of hydrogen-bond donors (Lipinski definition) is 1. The van der Waals surface area contributed by atoms with Crippen LogP contribution in [-0.4, -0.2) is 16.6 Å². The van der Waals surface area contributed by atoms with Crippen molar-refractivity contribution in [2.24, 2.45) is 0 Å². The topological polar surface area (TPSA) is 50.2 Å². The minimum absolute atomic E-state index is 0. The second-order valence-electron chi connectivity index (χ2n) is 3.58. The van der Waals surface area contributed by atoms with Crippen LogP contribution < -0.4 is 0 Å². The van der Waals surface area contributed by atoms with Crippen LogP contribution >= 0.6 is 0 Å². The molecule has 0 spiro atoms. The van der Waals surface area contributed by atoms with E-state index in [1.54, 1.807) is 6.20 Å². The maximum absolute atomic E-state index is 8.24. The Kier molecular flexibility index (Phi) is 8.56. The van der Waals surface area contributed by atoms with Crippen LogP contribution in [0.2, 0.25) is 0 Å². The second-order valence-corrected chi connectivity index (χ2v) is 3.58. The van der Waals surface area contributed by atoms with Gasteiger partial charge in [-0.1, -0.05) is 33.3 Å². The molecule has 14 heavy (non-hydrogen) atoms. The molecule has 0 radical (unpaired) electrons. The average Bonchev–Trinajstić information content (AvgIpc) is 2.06. The van der Waals surface area contributed by atoms with Gasteiger partial charge in [0, 0.05) is 31.9 Å². The Bertz CT molecular complexity index is 244. The zero-order chi connectivity index (χ0) is 10.3. The quantitative estimate of drug-likeness (QED) is 0.562. The molecule has 3 nitrogen and oxygen atoms in total. The van der Waals surface area contributed by atoms with Crippen LogP contribution in [0, 0.1) is 0 Å². The minimum Gasteiger partial charge on any atom is -0.665 e. The zero-order valence-electron chi connectivity index (χ0n) is 8.82. The maximum Gasteiger partial charge on any atom is 0.0305 e. The van der Waals surface area contributed by atoms with Crippen LogP contribution in [0.4, 0.5) is 0 Å². The number of rotatable bonds is 0. The summed E-state index contributed by atoms with van der Waals surface area (Å²) >= 11 is 0. The van der Waals surface area contributed by atoms with Gasteiger partial charge in [0.1, 0.15) is 0 Å². The van der Waals surface area contributed by atoms with Crippen molar-refractivity contribution >= 4 is 6.47 Å². The molecule has 0 aliphatic heterocycles. The van der Waals surface area contributed by atoms with Crippen molar-refractivity contribution in [1.82, 2.24) is 4.98 Å². The van der Waals surface area contributed by atoms with Gasteiger partial charge in [-0.05, 0) is 17.0 Å². The molecule has 1 aromatic rings. The summed E-state index contributed by atoms with van der Waals surface area (Å²) in [5, 5.41) is 6.76. The Morgan fingerprint density at radius 3 is 2.14 bits per heavy atom. The van der Waals surface area contributed by atoms with Gasteiger partial charge in [0.15, 0.2) is 0 Å². The first-order valence-electron chi connectivity index (χ1n) is 3.94. The average molecular weight is 246 g/mol. The van der Waals surface area contributed by atoms with Crippen molar-refractivity contribution in [3.63, 3.8) is 0 Å². The molecule has 0 saturated carbocycles.